The lowest BCUT2D eigenvalue weighted by Crippen LogP contribution is -2.30. The third-order valence-electron chi connectivity index (χ3n) is 3.25. The molecule has 0 aliphatic rings. The van der Waals surface area contributed by atoms with Crippen LogP contribution in [-0.2, 0) is 0 Å². The largest absolute Gasteiger partial charge is 0.459 e. The van der Waals surface area contributed by atoms with Gasteiger partial charge in [-0.25, -0.2) is 4.79 Å². The summed E-state index contributed by atoms with van der Waals surface area (Å²) >= 11 is 0. The third kappa shape index (κ3) is 3.05. The lowest BCUT2D eigenvalue weighted by molar-refractivity contribution is 0.248. The average Bonchev–Trinajstić information content (AvgIpc) is 2.92. The number of carbonyl (C=O) groups is 1. The number of nitrogens with one attached hydrogen (secondary N) is 2. The molecule has 0 radical (unpaired) electrons. The maximum absolute atomic E-state index is 11.9. The van der Waals surface area contributed by atoms with E-state index < -0.39 is 0 Å². The van der Waals surface area contributed by atoms with E-state index in [2.05, 4.69) is 10.6 Å². The first-order valence-electron chi connectivity index (χ1n) is 6.83. The van der Waals surface area contributed by atoms with Crippen molar-refractivity contribution in [3.05, 3.63) is 66.4 Å². The van der Waals surface area contributed by atoms with Crippen LogP contribution < -0.4 is 10.6 Å². The average molecular weight is 280 g/mol. The van der Waals surface area contributed by atoms with Crippen molar-refractivity contribution in [3.63, 3.8) is 0 Å². The van der Waals surface area contributed by atoms with Gasteiger partial charge in [0.2, 0.25) is 0 Å². The second-order valence-electron chi connectivity index (χ2n) is 4.87. The number of hydrogen-bond donors (Lipinski definition) is 2. The maximum atomic E-state index is 11.9. The van der Waals surface area contributed by atoms with Gasteiger partial charge < -0.3 is 15.1 Å². The van der Waals surface area contributed by atoms with Gasteiger partial charge in [0.25, 0.3) is 0 Å². The first kappa shape index (κ1) is 13.2. The van der Waals surface area contributed by atoms with Crippen molar-refractivity contribution in [3.8, 4) is 0 Å². The second-order valence-corrected chi connectivity index (χ2v) is 4.87. The van der Waals surface area contributed by atoms with Crippen molar-refractivity contribution in [2.45, 2.75) is 13.0 Å². The molecule has 4 nitrogen and oxygen atoms in total. The molecule has 2 amide bonds. The molecule has 0 fully saturated rings. The Bertz CT molecular complexity index is 717. The van der Waals surface area contributed by atoms with E-state index >= 15 is 0 Å². The molecule has 1 heterocycles. The van der Waals surface area contributed by atoms with Crippen LogP contribution in [0.1, 0.15) is 18.7 Å². The van der Waals surface area contributed by atoms with Gasteiger partial charge in [0, 0.05) is 11.1 Å². The first-order chi connectivity index (χ1) is 10.2. The molecule has 106 valence electrons. The Morgan fingerprint density at radius 1 is 1.05 bits per heavy atom. The van der Waals surface area contributed by atoms with Gasteiger partial charge in [-0.3, -0.25) is 0 Å². The van der Waals surface area contributed by atoms with Crippen LogP contribution in [0.3, 0.4) is 0 Å². The molecule has 21 heavy (non-hydrogen) atoms. The molecular formula is C17H16N2O2. The highest BCUT2D eigenvalue weighted by atomic mass is 16.3. The lowest BCUT2D eigenvalue weighted by atomic mass is 10.2. The Balaban J connectivity index is 1.68. The van der Waals surface area contributed by atoms with E-state index in [9.17, 15) is 4.79 Å². The Morgan fingerprint density at radius 3 is 2.52 bits per heavy atom. The highest BCUT2D eigenvalue weighted by molar-refractivity contribution is 5.89. The van der Waals surface area contributed by atoms with Crippen LogP contribution in [0, 0.1) is 0 Å². The van der Waals surface area contributed by atoms with Gasteiger partial charge in [0.05, 0.1) is 6.04 Å². The van der Waals surface area contributed by atoms with Gasteiger partial charge in [-0.2, -0.15) is 0 Å². The fraction of sp³-hybridized carbons (Fsp3) is 0.118. The molecule has 2 N–H and O–H groups in total. The molecule has 3 rings (SSSR count). The molecule has 4 heteroatoms. The molecule has 2 aromatic carbocycles. The molecule has 0 aliphatic carbocycles. The van der Waals surface area contributed by atoms with E-state index in [1.165, 1.54) is 0 Å². The van der Waals surface area contributed by atoms with Crippen molar-refractivity contribution in [1.82, 2.24) is 5.32 Å². The van der Waals surface area contributed by atoms with E-state index in [1.807, 2.05) is 67.6 Å². The fourth-order valence-electron chi connectivity index (χ4n) is 2.17. The molecule has 0 saturated carbocycles. The van der Waals surface area contributed by atoms with Crippen molar-refractivity contribution in [1.29, 1.82) is 0 Å². The van der Waals surface area contributed by atoms with Crippen LogP contribution in [-0.4, -0.2) is 6.03 Å². The SMILES string of the molecule is C[C@@H](NC(=O)Nc1ccccc1)c1cc2ccccc2o1. The van der Waals surface area contributed by atoms with Gasteiger partial charge in [-0.1, -0.05) is 36.4 Å². The summed E-state index contributed by atoms with van der Waals surface area (Å²) in [5.74, 6) is 0.736. The summed E-state index contributed by atoms with van der Waals surface area (Å²) in [5.41, 5.74) is 1.58. The van der Waals surface area contributed by atoms with Crippen molar-refractivity contribution >= 4 is 22.7 Å². The number of para-hydroxylation sites is 2. The number of rotatable bonds is 3. The fourth-order valence-corrected chi connectivity index (χ4v) is 2.17. The Morgan fingerprint density at radius 2 is 1.76 bits per heavy atom. The predicted molar refractivity (Wildman–Crippen MR) is 83.2 cm³/mol. The summed E-state index contributed by atoms with van der Waals surface area (Å²) in [6.07, 6.45) is 0. The quantitative estimate of drug-likeness (QED) is 0.751. The molecule has 0 spiro atoms. The van der Waals surface area contributed by atoms with Gasteiger partial charge in [-0.05, 0) is 31.2 Å². The van der Waals surface area contributed by atoms with Crippen LogP contribution in [0.4, 0.5) is 10.5 Å². The van der Waals surface area contributed by atoms with Crippen LogP contribution in [0.5, 0.6) is 0 Å². The van der Waals surface area contributed by atoms with Crippen molar-refractivity contribution in [2.75, 3.05) is 5.32 Å². The first-order valence-corrected chi connectivity index (χ1v) is 6.83. The molecular weight excluding hydrogens is 264 g/mol. The standard InChI is InChI=1S/C17H16N2O2/c1-12(16-11-13-7-5-6-10-15(13)21-16)18-17(20)19-14-8-3-2-4-9-14/h2-12H,1H3,(H2,18,19,20)/t12-/m1/s1. The van der Waals surface area contributed by atoms with Gasteiger partial charge in [0.15, 0.2) is 0 Å². The summed E-state index contributed by atoms with van der Waals surface area (Å²) < 4.78 is 5.74. The topological polar surface area (TPSA) is 54.3 Å². The summed E-state index contributed by atoms with van der Waals surface area (Å²) in [7, 11) is 0. The number of fused-ring (bicyclic) bond motifs is 1. The van der Waals surface area contributed by atoms with Crippen LogP contribution in [0.2, 0.25) is 0 Å². The number of carbonyl (C=O) groups excluding carboxylic acids is 1. The highest BCUT2D eigenvalue weighted by Crippen LogP contribution is 2.23. The number of anilines is 1. The Kier molecular flexibility index (Phi) is 3.60. The van der Waals surface area contributed by atoms with Crippen LogP contribution >= 0.6 is 0 Å². The van der Waals surface area contributed by atoms with E-state index in [0.717, 1.165) is 22.4 Å². The van der Waals surface area contributed by atoms with Crippen molar-refractivity contribution in [2.24, 2.45) is 0 Å². The number of furan rings is 1. The number of hydrogen-bond acceptors (Lipinski definition) is 2. The number of amides is 2. The molecule has 0 saturated heterocycles. The number of benzene rings is 2. The normalized spacial score (nSPS) is 12.0. The summed E-state index contributed by atoms with van der Waals surface area (Å²) in [6, 6.07) is 18.6. The predicted octanol–water partition coefficient (Wildman–Crippen LogP) is 4.32. The van der Waals surface area contributed by atoms with Crippen LogP contribution in [0.25, 0.3) is 11.0 Å². The zero-order chi connectivity index (χ0) is 14.7. The lowest BCUT2D eigenvalue weighted by Gasteiger charge is -2.12. The molecule has 0 aliphatic heterocycles. The van der Waals surface area contributed by atoms with Crippen molar-refractivity contribution < 1.29 is 9.21 Å². The highest BCUT2D eigenvalue weighted by Gasteiger charge is 2.14. The minimum Gasteiger partial charge on any atom is -0.459 e. The smallest absolute Gasteiger partial charge is 0.319 e. The molecule has 0 unspecified atom stereocenters. The summed E-state index contributed by atoms with van der Waals surface area (Å²) in [5, 5.41) is 6.68. The molecule has 3 aromatic rings. The zero-order valence-electron chi connectivity index (χ0n) is 11.7. The van der Waals surface area contributed by atoms with E-state index in [-0.39, 0.29) is 12.1 Å². The third-order valence-corrected chi connectivity index (χ3v) is 3.25. The molecule has 0 bridgehead atoms. The minimum absolute atomic E-state index is 0.207. The molecule has 1 atom stereocenters. The molecule has 1 aromatic heterocycles. The summed E-state index contributed by atoms with van der Waals surface area (Å²) in [4.78, 5) is 11.9. The van der Waals surface area contributed by atoms with Gasteiger partial charge in [-0.15, -0.1) is 0 Å². The Labute approximate surface area is 122 Å². The monoisotopic (exact) mass is 280 g/mol. The van der Waals surface area contributed by atoms with E-state index in [4.69, 9.17) is 4.42 Å². The Hall–Kier alpha value is -2.75. The second kappa shape index (κ2) is 5.71. The van der Waals surface area contributed by atoms with Gasteiger partial charge >= 0.3 is 6.03 Å². The zero-order valence-corrected chi connectivity index (χ0v) is 11.7. The van der Waals surface area contributed by atoms with Gasteiger partial charge in [0.1, 0.15) is 11.3 Å². The number of urea groups is 1. The maximum Gasteiger partial charge on any atom is 0.319 e. The van der Waals surface area contributed by atoms with Crippen LogP contribution in [0.15, 0.2) is 65.1 Å². The minimum atomic E-state index is -0.255. The van der Waals surface area contributed by atoms with E-state index in [1.54, 1.807) is 0 Å². The van der Waals surface area contributed by atoms with E-state index in [0.29, 0.717) is 0 Å². The summed E-state index contributed by atoms with van der Waals surface area (Å²) in [6.45, 7) is 1.89.